The normalized spacial score (nSPS) is 16.4. The van der Waals surface area contributed by atoms with Gasteiger partial charge in [-0.05, 0) is 18.6 Å². The molecule has 1 aliphatic rings. The van der Waals surface area contributed by atoms with E-state index in [0.29, 0.717) is 0 Å². The van der Waals surface area contributed by atoms with Crippen LogP contribution in [0.3, 0.4) is 0 Å². The van der Waals surface area contributed by atoms with Gasteiger partial charge >= 0.3 is 0 Å². The molecule has 0 aliphatic carbocycles. The first-order valence-electron chi connectivity index (χ1n) is 8.82. The van der Waals surface area contributed by atoms with Crippen LogP contribution >= 0.6 is 0 Å². The standard InChI is InChI=1S/C20H18N6/c1-2-6-14(7-3-1)19-24-17-9-5-4-8-16(17)20(25-19)23-15-10-11-18-21-13-22-26(18)12-15/h1-9,13,15H,10-12H2,(H,23,24,25). The second-order valence-electron chi connectivity index (χ2n) is 6.52. The van der Waals surface area contributed by atoms with Crippen molar-refractivity contribution in [3.05, 3.63) is 66.7 Å². The van der Waals surface area contributed by atoms with Crippen LogP contribution in [0.25, 0.3) is 22.3 Å². The van der Waals surface area contributed by atoms with Crippen molar-refractivity contribution in [1.82, 2.24) is 24.7 Å². The van der Waals surface area contributed by atoms with E-state index in [4.69, 9.17) is 9.97 Å². The summed E-state index contributed by atoms with van der Waals surface area (Å²) in [4.78, 5) is 13.9. The van der Waals surface area contributed by atoms with E-state index in [1.807, 2.05) is 53.2 Å². The third-order valence-electron chi connectivity index (χ3n) is 4.78. The van der Waals surface area contributed by atoms with Crippen LogP contribution in [0.2, 0.25) is 0 Å². The molecule has 0 saturated carbocycles. The number of anilines is 1. The highest BCUT2D eigenvalue weighted by molar-refractivity contribution is 5.90. The molecule has 0 bridgehead atoms. The molecular weight excluding hydrogens is 324 g/mol. The van der Waals surface area contributed by atoms with Crippen LogP contribution in [0.15, 0.2) is 60.9 Å². The zero-order valence-corrected chi connectivity index (χ0v) is 14.2. The van der Waals surface area contributed by atoms with Crippen molar-refractivity contribution in [3.8, 4) is 11.4 Å². The molecule has 2 aromatic carbocycles. The second-order valence-corrected chi connectivity index (χ2v) is 6.52. The lowest BCUT2D eigenvalue weighted by atomic mass is 10.1. The van der Waals surface area contributed by atoms with Gasteiger partial charge < -0.3 is 5.32 Å². The van der Waals surface area contributed by atoms with E-state index < -0.39 is 0 Å². The lowest BCUT2D eigenvalue weighted by molar-refractivity contribution is 0.441. The van der Waals surface area contributed by atoms with Crippen LogP contribution < -0.4 is 5.32 Å². The third-order valence-corrected chi connectivity index (χ3v) is 4.78. The predicted octanol–water partition coefficient (Wildman–Crippen LogP) is 3.32. The number of benzene rings is 2. The number of hydrogen-bond donors (Lipinski definition) is 1. The largest absolute Gasteiger partial charge is 0.365 e. The maximum Gasteiger partial charge on any atom is 0.162 e. The van der Waals surface area contributed by atoms with Crippen LogP contribution in [0, 0.1) is 0 Å². The Hall–Kier alpha value is -3.28. The summed E-state index contributed by atoms with van der Waals surface area (Å²) < 4.78 is 1.97. The Morgan fingerprint density at radius 3 is 2.73 bits per heavy atom. The molecule has 1 atom stereocenters. The summed E-state index contributed by atoms with van der Waals surface area (Å²) in [5, 5.41) is 8.97. The highest BCUT2D eigenvalue weighted by atomic mass is 15.3. The number of aromatic nitrogens is 5. The number of rotatable bonds is 3. The Labute approximate surface area is 150 Å². The summed E-state index contributed by atoms with van der Waals surface area (Å²) in [6, 6.07) is 18.5. The molecule has 0 radical (unpaired) electrons. The van der Waals surface area contributed by atoms with E-state index in [1.165, 1.54) is 0 Å². The Bertz CT molecular complexity index is 1060. The number of fused-ring (bicyclic) bond motifs is 2. The molecule has 2 aromatic heterocycles. The van der Waals surface area contributed by atoms with Crippen molar-refractivity contribution in [2.75, 3.05) is 5.32 Å². The van der Waals surface area contributed by atoms with Crippen molar-refractivity contribution in [2.24, 2.45) is 0 Å². The SMILES string of the molecule is c1ccc(-c2nc(NC3CCc4ncnn4C3)c3ccccc3n2)cc1. The number of para-hydroxylation sites is 1. The first-order valence-corrected chi connectivity index (χ1v) is 8.82. The molecule has 1 unspecified atom stereocenters. The summed E-state index contributed by atoms with van der Waals surface area (Å²) in [5.74, 6) is 2.67. The first kappa shape index (κ1) is 15.0. The third kappa shape index (κ3) is 2.69. The second kappa shape index (κ2) is 6.22. The van der Waals surface area contributed by atoms with Gasteiger partial charge in [-0.3, -0.25) is 0 Å². The lowest BCUT2D eigenvalue weighted by Gasteiger charge is -2.24. The quantitative estimate of drug-likeness (QED) is 0.618. The minimum atomic E-state index is 0.270. The van der Waals surface area contributed by atoms with Gasteiger partial charge in [0.25, 0.3) is 0 Å². The van der Waals surface area contributed by atoms with Crippen molar-refractivity contribution < 1.29 is 0 Å². The fourth-order valence-corrected chi connectivity index (χ4v) is 3.45. The van der Waals surface area contributed by atoms with Crippen LogP contribution in [-0.2, 0) is 13.0 Å². The summed E-state index contributed by atoms with van der Waals surface area (Å²) in [7, 11) is 0. The molecule has 0 saturated heterocycles. The summed E-state index contributed by atoms with van der Waals surface area (Å²) in [6.45, 7) is 0.800. The molecule has 6 heteroatoms. The summed E-state index contributed by atoms with van der Waals surface area (Å²) >= 11 is 0. The zero-order valence-electron chi connectivity index (χ0n) is 14.2. The molecule has 26 heavy (non-hydrogen) atoms. The molecule has 0 amide bonds. The van der Waals surface area contributed by atoms with Crippen molar-refractivity contribution >= 4 is 16.7 Å². The van der Waals surface area contributed by atoms with Crippen molar-refractivity contribution in [2.45, 2.75) is 25.4 Å². The lowest BCUT2D eigenvalue weighted by Crippen LogP contribution is -2.32. The average Bonchev–Trinajstić information content (AvgIpc) is 3.16. The maximum absolute atomic E-state index is 4.84. The van der Waals surface area contributed by atoms with Crippen LogP contribution in [0.5, 0.6) is 0 Å². The fraction of sp³-hybridized carbons (Fsp3) is 0.200. The Morgan fingerprint density at radius 2 is 1.81 bits per heavy atom. The molecule has 6 nitrogen and oxygen atoms in total. The Balaban J connectivity index is 1.54. The van der Waals surface area contributed by atoms with Gasteiger partial charge in [0, 0.05) is 23.4 Å². The van der Waals surface area contributed by atoms with Crippen LogP contribution in [-0.4, -0.2) is 30.8 Å². The zero-order chi connectivity index (χ0) is 17.3. The van der Waals surface area contributed by atoms with Crippen molar-refractivity contribution in [3.63, 3.8) is 0 Å². The van der Waals surface area contributed by atoms with Gasteiger partial charge in [-0.25, -0.2) is 19.6 Å². The maximum atomic E-state index is 4.84. The monoisotopic (exact) mass is 342 g/mol. The summed E-state index contributed by atoms with van der Waals surface area (Å²) in [5.41, 5.74) is 1.96. The molecule has 1 N–H and O–H groups in total. The predicted molar refractivity (Wildman–Crippen MR) is 101 cm³/mol. The average molecular weight is 342 g/mol. The highest BCUT2D eigenvalue weighted by Crippen LogP contribution is 2.26. The Morgan fingerprint density at radius 1 is 0.962 bits per heavy atom. The Kier molecular flexibility index (Phi) is 3.59. The first-order chi connectivity index (χ1) is 12.9. The van der Waals surface area contributed by atoms with Crippen molar-refractivity contribution in [1.29, 1.82) is 0 Å². The van der Waals surface area contributed by atoms with E-state index in [0.717, 1.165) is 53.3 Å². The highest BCUT2D eigenvalue weighted by Gasteiger charge is 2.21. The number of hydrogen-bond acceptors (Lipinski definition) is 5. The van der Waals surface area contributed by atoms with E-state index in [1.54, 1.807) is 6.33 Å². The van der Waals surface area contributed by atoms with E-state index in [2.05, 4.69) is 21.5 Å². The molecule has 128 valence electrons. The van der Waals surface area contributed by atoms with Gasteiger partial charge in [0.2, 0.25) is 0 Å². The van der Waals surface area contributed by atoms with Crippen LogP contribution in [0.4, 0.5) is 5.82 Å². The smallest absolute Gasteiger partial charge is 0.162 e. The topological polar surface area (TPSA) is 68.5 Å². The van der Waals surface area contributed by atoms with Crippen LogP contribution in [0.1, 0.15) is 12.2 Å². The molecule has 0 spiro atoms. The molecular formula is C20H18N6. The molecule has 1 aliphatic heterocycles. The number of nitrogens with one attached hydrogen (secondary N) is 1. The van der Waals surface area contributed by atoms with Gasteiger partial charge in [-0.1, -0.05) is 42.5 Å². The number of nitrogens with zero attached hydrogens (tertiary/aromatic N) is 5. The van der Waals surface area contributed by atoms with Gasteiger partial charge in [0.05, 0.1) is 12.1 Å². The minimum Gasteiger partial charge on any atom is -0.365 e. The molecule has 5 rings (SSSR count). The molecule has 0 fully saturated rings. The van der Waals surface area contributed by atoms with Gasteiger partial charge in [0.1, 0.15) is 18.0 Å². The minimum absolute atomic E-state index is 0.270. The van der Waals surface area contributed by atoms with Gasteiger partial charge in [0.15, 0.2) is 5.82 Å². The van der Waals surface area contributed by atoms with Gasteiger partial charge in [-0.15, -0.1) is 0 Å². The molecule has 3 heterocycles. The van der Waals surface area contributed by atoms with E-state index >= 15 is 0 Å². The fourth-order valence-electron chi connectivity index (χ4n) is 3.45. The van der Waals surface area contributed by atoms with E-state index in [9.17, 15) is 0 Å². The summed E-state index contributed by atoms with van der Waals surface area (Å²) in [6.07, 6.45) is 3.56. The van der Waals surface area contributed by atoms with E-state index in [-0.39, 0.29) is 6.04 Å². The number of aryl methyl sites for hydroxylation is 1. The van der Waals surface area contributed by atoms with Gasteiger partial charge in [-0.2, -0.15) is 5.10 Å². The molecule has 4 aromatic rings.